The molecule has 0 atom stereocenters. The molecule has 1 aromatic carbocycles. The van der Waals surface area contributed by atoms with E-state index in [-0.39, 0.29) is 0 Å². The van der Waals surface area contributed by atoms with E-state index >= 15 is 0 Å². The van der Waals surface area contributed by atoms with Crippen molar-refractivity contribution in [3.63, 3.8) is 0 Å². The van der Waals surface area contributed by atoms with E-state index in [2.05, 4.69) is 20.8 Å². The van der Waals surface area contributed by atoms with Gasteiger partial charge in [-0.25, -0.2) is 0 Å². The van der Waals surface area contributed by atoms with Crippen LogP contribution in [0.3, 0.4) is 0 Å². The van der Waals surface area contributed by atoms with E-state index in [0.29, 0.717) is 23.6 Å². The van der Waals surface area contributed by atoms with E-state index in [1.807, 2.05) is 18.2 Å². The number of benzene rings is 1. The second-order valence-corrected chi connectivity index (χ2v) is 4.80. The Morgan fingerprint density at radius 2 is 1.93 bits per heavy atom. The van der Waals surface area contributed by atoms with E-state index in [1.165, 1.54) is 0 Å². The minimum atomic E-state index is 0.351. The van der Waals surface area contributed by atoms with Crippen molar-refractivity contribution in [2.75, 3.05) is 18.0 Å². The minimum absolute atomic E-state index is 0.351. The Labute approximate surface area is 102 Å². The van der Waals surface area contributed by atoms with E-state index < -0.39 is 0 Å². The number of hydrogen-bond donors (Lipinski definition) is 0. The fourth-order valence-corrected chi connectivity index (χ4v) is 2.42. The van der Waals surface area contributed by atoms with Crippen molar-refractivity contribution >= 4 is 39.0 Å². The molecule has 1 aliphatic heterocycles. The smallest absolute Gasteiger partial charge is 0.136 e. The maximum atomic E-state index is 11.1. The lowest BCUT2D eigenvalue weighted by Crippen LogP contribution is -2.33. The summed E-state index contributed by atoms with van der Waals surface area (Å²) < 4.78 is 0.918. The third kappa shape index (κ3) is 2.34. The average molecular weight is 289 g/mol. The standard InChI is InChI=1S/C11H11BrClNO/c12-11-9(13)2-1-3-10(11)14-6-4-8(15)5-7-14/h1-3H,4-7H2. The molecule has 0 aliphatic carbocycles. The Hall–Kier alpha value is -0.540. The molecule has 2 rings (SSSR count). The van der Waals surface area contributed by atoms with Gasteiger partial charge in [-0.05, 0) is 28.1 Å². The summed E-state index contributed by atoms with van der Waals surface area (Å²) >= 11 is 9.49. The van der Waals surface area contributed by atoms with Crippen LogP contribution >= 0.6 is 27.5 Å². The number of Topliss-reactive ketones (excluding diaryl/α,β-unsaturated/α-hetero) is 1. The summed E-state index contributed by atoms with van der Waals surface area (Å²) in [5.74, 6) is 0.351. The van der Waals surface area contributed by atoms with Crippen molar-refractivity contribution in [1.82, 2.24) is 0 Å². The predicted molar refractivity (Wildman–Crippen MR) is 65.6 cm³/mol. The van der Waals surface area contributed by atoms with E-state index in [4.69, 9.17) is 11.6 Å². The van der Waals surface area contributed by atoms with Crippen LogP contribution in [0.5, 0.6) is 0 Å². The lowest BCUT2D eigenvalue weighted by molar-refractivity contribution is -0.119. The highest BCUT2D eigenvalue weighted by Crippen LogP contribution is 2.33. The van der Waals surface area contributed by atoms with Gasteiger partial charge < -0.3 is 4.90 Å². The van der Waals surface area contributed by atoms with Gasteiger partial charge in [0, 0.05) is 25.9 Å². The van der Waals surface area contributed by atoms with E-state index in [0.717, 1.165) is 23.2 Å². The molecule has 0 radical (unpaired) electrons. The number of ketones is 1. The van der Waals surface area contributed by atoms with Crippen LogP contribution in [-0.2, 0) is 4.79 Å². The first kappa shape index (κ1) is 11.0. The number of carbonyl (C=O) groups is 1. The monoisotopic (exact) mass is 287 g/mol. The van der Waals surface area contributed by atoms with Crippen molar-refractivity contribution in [3.05, 3.63) is 27.7 Å². The fourth-order valence-electron chi connectivity index (χ4n) is 1.73. The van der Waals surface area contributed by atoms with Gasteiger partial charge in [-0.15, -0.1) is 0 Å². The van der Waals surface area contributed by atoms with Crippen LogP contribution < -0.4 is 4.90 Å². The first-order valence-electron chi connectivity index (χ1n) is 4.89. The van der Waals surface area contributed by atoms with Gasteiger partial charge in [-0.1, -0.05) is 17.7 Å². The van der Waals surface area contributed by atoms with Crippen LogP contribution in [0, 0.1) is 0 Å². The third-order valence-corrected chi connectivity index (χ3v) is 3.97. The molecule has 2 nitrogen and oxygen atoms in total. The molecule has 0 unspecified atom stereocenters. The number of anilines is 1. The number of rotatable bonds is 1. The highest BCUT2D eigenvalue weighted by Gasteiger charge is 2.18. The first-order chi connectivity index (χ1) is 7.18. The van der Waals surface area contributed by atoms with Crippen LogP contribution in [0.2, 0.25) is 5.02 Å². The van der Waals surface area contributed by atoms with E-state index in [1.54, 1.807) is 0 Å². The largest absolute Gasteiger partial charge is 0.370 e. The van der Waals surface area contributed by atoms with Crippen LogP contribution in [0.4, 0.5) is 5.69 Å². The quantitative estimate of drug-likeness (QED) is 0.790. The summed E-state index contributed by atoms with van der Waals surface area (Å²) in [6, 6.07) is 5.80. The summed E-state index contributed by atoms with van der Waals surface area (Å²) in [7, 11) is 0. The third-order valence-electron chi connectivity index (χ3n) is 2.59. The van der Waals surface area contributed by atoms with Crippen LogP contribution in [0.1, 0.15) is 12.8 Å². The number of nitrogens with zero attached hydrogens (tertiary/aromatic N) is 1. The summed E-state index contributed by atoms with van der Waals surface area (Å²) in [6.07, 6.45) is 1.28. The SMILES string of the molecule is O=C1CCN(c2cccc(Cl)c2Br)CC1. The van der Waals surface area contributed by atoms with Gasteiger partial charge >= 0.3 is 0 Å². The molecule has 1 saturated heterocycles. The summed E-state index contributed by atoms with van der Waals surface area (Å²) in [4.78, 5) is 13.3. The Balaban J connectivity index is 2.22. The Morgan fingerprint density at radius 1 is 1.27 bits per heavy atom. The van der Waals surface area contributed by atoms with Crippen LogP contribution in [-0.4, -0.2) is 18.9 Å². The number of halogens is 2. The molecule has 0 saturated carbocycles. The average Bonchev–Trinajstić information content (AvgIpc) is 2.24. The second kappa shape index (κ2) is 4.54. The summed E-state index contributed by atoms with van der Waals surface area (Å²) in [5, 5.41) is 0.712. The molecule has 80 valence electrons. The lowest BCUT2D eigenvalue weighted by Gasteiger charge is -2.29. The molecule has 0 spiro atoms. The molecule has 1 aliphatic rings. The Kier molecular flexibility index (Phi) is 3.32. The molecule has 4 heteroatoms. The lowest BCUT2D eigenvalue weighted by atomic mass is 10.1. The Bertz CT molecular complexity index is 384. The van der Waals surface area contributed by atoms with Gasteiger partial charge in [0.05, 0.1) is 15.2 Å². The van der Waals surface area contributed by atoms with Crippen molar-refractivity contribution in [1.29, 1.82) is 0 Å². The highest BCUT2D eigenvalue weighted by molar-refractivity contribution is 9.10. The molecule has 1 aromatic rings. The zero-order valence-corrected chi connectivity index (χ0v) is 10.5. The predicted octanol–water partition coefficient (Wildman–Crippen LogP) is 3.27. The van der Waals surface area contributed by atoms with Crippen molar-refractivity contribution in [2.45, 2.75) is 12.8 Å². The van der Waals surface area contributed by atoms with Gasteiger partial charge in [-0.3, -0.25) is 4.79 Å². The highest BCUT2D eigenvalue weighted by atomic mass is 79.9. The summed E-state index contributed by atoms with van der Waals surface area (Å²) in [6.45, 7) is 1.58. The van der Waals surface area contributed by atoms with Crippen LogP contribution in [0.15, 0.2) is 22.7 Å². The number of carbonyl (C=O) groups excluding carboxylic acids is 1. The van der Waals surface area contributed by atoms with Crippen molar-refractivity contribution in [3.8, 4) is 0 Å². The molecule has 0 aromatic heterocycles. The maximum absolute atomic E-state index is 11.1. The zero-order chi connectivity index (χ0) is 10.8. The Morgan fingerprint density at radius 3 is 2.60 bits per heavy atom. The molecular weight excluding hydrogens is 277 g/mol. The van der Waals surface area contributed by atoms with Gasteiger partial charge in [0.2, 0.25) is 0 Å². The molecular formula is C11H11BrClNO. The number of hydrogen-bond acceptors (Lipinski definition) is 2. The molecule has 0 bridgehead atoms. The van der Waals surface area contributed by atoms with Crippen LogP contribution in [0.25, 0.3) is 0 Å². The van der Waals surface area contributed by atoms with Gasteiger partial charge in [-0.2, -0.15) is 0 Å². The molecule has 0 N–H and O–H groups in total. The fraction of sp³-hybridized carbons (Fsp3) is 0.364. The summed E-state index contributed by atoms with van der Waals surface area (Å²) in [5.41, 5.74) is 1.08. The van der Waals surface area contributed by atoms with Gasteiger partial charge in [0.1, 0.15) is 5.78 Å². The van der Waals surface area contributed by atoms with Crippen molar-refractivity contribution in [2.24, 2.45) is 0 Å². The van der Waals surface area contributed by atoms with E-state index in [9.17, 15) is 4.79 Å². The van der Waals surface area contributed by atoms with Gasteiger partial charge in [0.25, 0.3) is 0 Å². The molecule has 0 amide bonds. The number of piperidine rings is 1. The first-order valence-corrected chi connectivity index (χ1v) is 6.06. The molecule has 1 heterocycles. The second-order valence-electron chi connectivity index (χ2n) is 3.60. The van der Waals surface area contributed by atoms with Crippen molar-refractivity contribution < 1.29 is 4.79 Å². The normalized spacial score (nSPS) is 16.9. The topological polar surface area (TPSA) is 20.3 Å². The maximum Gasteiger partial charge on any atom is 0.136 e. The molecule has 15 heavy (non-hydrogen) atoms. The van der Waals surface area contributed by atoms with Gasteiger partial charge in [0.15, 0.2) is 0 Å². The minimum Gasteiger partial charge on any atom is -0.370 e. The zero-order valence-electron chi connectivity index (χ0n) is 8.17. The molecule has 1 fully saturated rings.